The molecule has 0 saturated carbocycles. The van der Waals surface area contributed by atoms with Crippen LogP contribution < -0.4 is 10.9 Å². The molecule has 3 fully saturated rings. The smallest absolute Gasteiger partial charge is 0.363 e. The second-order valence-electron chi connectivity index (χ2n) is 6.68. The largest absolute Gasteiger partial charge is 0.418 e. The van der Waals surface area contributed by atoms with E-state index in [0.29, 0.717) is 32.5 Å². The summed E-state index contributed by atoms with van der Waals surface area (Å²) in [6.45, 7) is 3.64. The van der Waals surface area contributed by atoms with Crippen molar-refractivity contribution in [2.45, 2.75) is 38.1 Å². The maximum absolute atomic E-state index is 11.4. The second kappa shape index (κ2) is 10.9. The summed E-state index contributed by atoms with van der Waals surface area (Å²) in [6, 6.07) is -0.761. The van der Waals surface area contributed by atoms with Crippen molar-refractivity contribution < 1.29 is 31.6 Å². The molecule has 3 saturated heterocycles. The summed E-state index contributed by atoms with van der Waals surface area (Å²) in [4.78, 5) is 40.0. The van der Waals surface area contributed by atoms with E-state index < -0.39 is 16.4 Å². The van der Waals surface area contributed by atoms with Crippen LogP contribution in [0.1, 0.15) is 32.1 Å². The molecule has 0 spiro atoms. The van der Waals surface area contributed by atoms with Crippen molar-refractivity contribution in [3.63, 3.8) is 0 Å². The van der Waals surface area contributed by atoms with E-state index in [9.17, 15) is 22.8 Å². The van der Waals surface area contributed by atoms with Gasteiger partial charge in [-0.05, 0) is 25.7 Å². The molecule has 164 valence electrons. The van der Waals surface area contributed by atoms with Crippen LogP contribution in [0.2, 0.25) is 0 Å². The number of carbonyl (C=O) groups excluding carboxylic acids is 3. The summed E-state index contributed by atoms with van der Waals surface area (Å²) in [5.74, 6) is -0.235. The summed E-state index contributed by atoms with van der Waals surface area (Å²) in [5.41, 5.74) is 4.30. The van der Waals surface area contributed by atoms with Crippen molar-refractivity contribution in [1.82, 2.24) is 25.7 Å². The predicted octanol–water partition coefficient (Wildman–Crippen LogP) is -1.10. The minimum atomic E-state index is -4.60. The van der Waals surface area contributed by atoms with E-state index in [-0.39, 0.29) is 18.4 Å². The quantitative estimate of drug-likeness (QED) is 0.143. The van der Waals surface area contributed by atoms with Gasteiger partial charge in [0, 0.05) is 39.1 Å². The van der Waals surface area contributed by atoms with E-state index >= 15 is 0 Å². The standard InChI is InChI=1S/C9H16N4O2.C6H10N2O5S/c14-8-11-12-9(15)3-4-10-7-13-5-1-2-6-13;9-6-7-3-1-2-5(4-7)8(6)13-14(10,11)12/h7-8H,1-6H2,(H,11,14)(H,12,15);5H,1-4H2,(H,10,11,12). The Kier molecular flexibility index (Phi) is 8.60. The normalized spacial score (nSPS) is 21.2. The number of hydrazine groups is 1. The Morgan fingerprint density at radius 3 is 2.62 bits per heavy atom. The number of carbonyl (C=O) groups is 3. The van der Waals surface area contributed by atoms with Gasteiger partial charge in [0.05, 0.1) is 12.4 Å². The molecular weight excluding hydrogens is 408 g/mol. The fourth-order valence-electron chi connectivity index (χ4n) is 3.18. The van der Waals surface area contributed by atoms with E-state index in [1.54, 1.807) is 6.34 Å². The van der Waals surface area contributed by atoms with E-state index in [0.717, 1.165) is 24.6 Å². The lowest BCUT2D eigenvalue weighted by Gasteiger charge is -2.20. The van der Waals surface area contributed by atoms with Crippen LogP contribution in [0, 0.1) is 0 Å². The number of hydrogen-bond acceptors (Lipinski definition) is 7. The maximum atomic E-state index is 11.4. The van der Waals surface area contributed by atoms with Crippen LogP contribution in [0.15, 0.2) is 4.99 Å². The summed E-state index contributed by atoms with van der Waals surface area (Å²) >= 11 is 0. The molecule has 0 aromatic rings. The third-order valence-corrected chi connectivity index (χ3v) is 4.83. The first-order valence-corrected chi connectivity index (χ1v) is 10.6. The van der Waals surface area contributed by atoms with E-state index in [1.807, 2.05) is 0 Å². The van der Waals surface area contributed by atoms with Crippen molar-refractivity contribution in [2.24, 2.45) is 4.99 Å². The van der Waals surface area contributed by atoms with Gasteiger partial charge in [-0.15, -0.1) is 4.28 Å². The van der Waals surface area contributed by atoms with Crippen molar-refractivity contribution >= 4 is 35.1 Å². The van der Waals surface area contributed by atoms with Gasteiger partial charge in [0.2, 0.25) is 12.3 Å². The van der Waals surface area contributed by atoms with Crippen LogP contribution in [-0.2, 0) is 24.3 Å². The fourth-order valence-corrected chi connectivity index (χ4v) is 3.57. The molecule has 13 nitrogen and oxygen atoms in total. The molecule has 3 rings (SSSR count). The topological polar surface area (TPSA) is 161 Å². The Bertz CT molecular complexity index is 710. The van der Waals surface area contributed by atoms with Gasteiger partial charge < -0.3 is 9.80 Å². The van der Waals surface area contributed by atoms with Crippen LogP contribution >= 0.6 is 0 Å². The Hall–Kier alpha value is -2.45. The number of hydroxylamine groups is 2. The zero-order chi connectivity index (χ0) is 21.3. The lowest BCUT2D eigenvalue weighted by atomic mass is 10.1. The van der Waals surface area contributed by atoms with Crippen LogP contribution in [0.3, 0.4) is 0 Å². The molecule has 3 heterocycles. The van der Waals surface area contributed by atoms with Crippen molar-refractivity contribution in [2.75, 3.05) is 32.7 Å². The molecule has 4 amide bonds. The molecule has 3 aliphatic rings. The monoisotopic (exact) mass is 434 g/mol. The van der Waals surface area contributed by atoms with E-state index in [2.05, 4.69) is 25.0 Å². The molecule has 0 radical (unpaired) electrons. The van der Waals surface area contributed by atoms with Gasteiger partial charge in [-0.25, -0.2) is 4.79 Å². The Labute approximate surface area is 168 Å². The van der Waals surface area contributed by atoms with E-state index in [4.69, 9.17) is 4.55 Å². The number of fused-ring (bicyclic) bond motifs is 2. The minimum Gasteiger partial charge on any atom is -0.363 e. The van der Waals surface area contributed by atoms with Gasteiger partial charge in [-0.2, -0.15) is 13.5 Å². The average molecular weight is 434 g/mol. The van der Waals surface area contributed by atoms with Crippen molar-refractivity contribution in [1.29, 1.82) is 0 Å². The lowest BCUT2D eigenvalue weighted by molar-refractivity contribution is -0.124. The number of nitrogens with one attached hydrogen (secondary N) is 2. The highest BCUT2D eigenvalue weighted by molar-refractivity contribution is 7.80. The summed E-state index contributed by atoms with van der Waals surface area (Å²) in [5, 5.41) is 0.738. The highest BCUT2D eigenvalue weighted by Gasteiger charge is 2.42. The van der Waals surface area contributed by atoms with Crippen LogP contribution in [0.4, 0.5) is 4.79 Å². The Balaban J connectivity index is 0.000000207. The molecule has 1 unspecified atom stereocenters. The number of likely N-dealkylation sites (tertiary alicyclic amines) is 1. The zero-order valence-corrected chi connectivity index (χ0v) is 16.7. The first-order chi connectivity index (χ1) is 13.8. The number of rotatable bonds is 8. The summed E-state index contributed by atoms with van der Waals surface area (Å²) in [7, 11) is -4.60. The molecule has 0 aliphatic carbocycles. The van der Waals surface area contributed by atoms with Gasteiger partial charge in [-0.3, -0.25) is 30.0 Å². The number of hydrogen-bond donors (Lipinski definition) is 3. The zero-order valence-electron chi connectivity index (χ0n) is 15.9. The molecule has 0 aromatic heterocycles. The molecule has 3 N–H and O–H groups in total. The highest BCUT2D eigenvalue weighted by atomic mass is 32.3. The number of amides is 4. The molecular formula is C15H26N6O7S. The summed E-state index contributed by atoms with van der Waals surface area (Å²) in [6.07, 6.45) is 6.45. The maximum Gasteiger partial charge on any atom is 0.418 e. The van der Waals surface area contributed by atoms with Crippen LogP contribution in [0.25, 0.3) is 0 Å². The van der Waals surface area contributed by atoms with Gasteiger partial charge in [0.15, 0.2) is 0 Å². The van der Waals surface area contributed by atoms with Crippen molar-refractivity contribution in [3.8, 4) is 0 Å². The van der Waals surface area contributed by atoms with Gasteiger partial charge in [0.25, 0.3) is 0 Å². The number of nitrogens with zero attached hydrogens (tertiary/aromatic N) is 4. The summed E-state index contributed by atoms with van der Waals surface area (Å²) < 4.78 is 33.5. The van der Waals surface area contributed by atoms with Gasteiger partial charge in [-0.1, -0.05) is 0 Å². The second-order valence-corrected chi connectivity index (χ2v) is 7.68. The predicted molar refractivity (Wildman–Crippen MR) is 101 cm³/mol. The average Bonchev–Trinajstić information content (AvgIpc) is 3.26. The van der Waals surface area contributed by atoms with Gasteiger partial charge in [0.1, 0.15) is 0 Å². The van der Waals surface area contributed by atoms with Crippen LogP contribution in [-0.4, -0.2) is 91.3 Å². The molecule has 2 bridgehead atoms. The number of aliphatic imine (C=N–C) groups is 1. The lowest BCUT2D eigenvalue weighted by Crippen LogP contribution is -2.36. The fraction of sp³-hybridized carbons (Fsp3) is 0.733. The van der Waals surface area contributed by atoms with Gasteiger partial charge >= 0.3 is 16.4 Å². The van der Waals surface area contributed by atoms with Crippen molar-refractivity contribution in [3.05, 3.63) is 0 Å². The highest BCUT2D eigenvalue weighted by Crippen LogP contribution is 2.26. The molecule has 3 aliphatic heterocycles. The first-order valence-electron chi connectivity index (χ1n) is 9.27. The minimum absolute atomic E-state index is 0.235. The molecule has 0 aromatic carbocycles. The Morgan fingerprint density at radius 2 is 2.00 bits per heavy atom. The van der Waals surface area contributed by atoms with Crippen LogP contribution in [0.5, 0.6) is 0 Å². The SMILES string of the molecule is O=C1N2CCCC(C2)N1OS(=O)(=O)O.O=CNNC(=O)CCN=CN1CCCC1. The molecule has 29 heavy (non-hydrogen) atoms. The Morgan fingerprint density at radius 1 is 1.28 bits per heavy atom. The molecule has 14 heteroatoms. The third kappa shape index (κ3) is 7.83. The first kappa shape index (κ1) is 22.8. The number of urea groups is 1. The third-order valence-electron chi connectivity index (χ3n) is 4.49. The van der Waals surface area contributed by atoms with E-state index in [1.165, 1.54) is 17.7 Å². The molecule has 1 atom stereocenters. The number of piperidine rings is 1.